The first-order valence-corrected chi connectivity index (χ1v) is 10.4. The van der Waals surface area contributed by atoms with Gasteiger partial charge in [0.25, 0.3) is 5.91 Å². The zero-order valence-electron chi connectivity index (χ0n) is 15.8. The standard InChI is InChI=1S/C21H20ClN3O3S/c1-28-17-8-2-14(3-9-17)18-19(29-24-23-18)20(26)25-12-10-21(27,11-13-25)15-4-6-16(22)7-5-15/h2-9,27H,10-13H2,1H3. The minimum atomic E-state index is -0.952. The van der Waals surface area contributed by atoms with Crippen LogP contribution in [0.2, 0.25) is 5.02 Å². The summed E-state index contributed by atoms with van der Waals surface area (Å²) in [7, 11) is 1.61. The summed E-state index contributed by atoms with van der Waals surface area (Å²) < 4.78 is 9.17. The number of methoxy groups -OCH3 is 1. The van der Waals surface area contributed by atoms with Gasteiger partial charge in [0.2, 0.25) is 0 Å². The van der Waals surface area contributed by atoms with Gasteiger partial charge in [-0.25, -0.2) is 0 Å². The topological polar surface area (TPSA) is 75.6 Å². The number of carbonyl (C=O) groups excluding carboxylic acids is 1. The molecule has 0 bridgehead atoms. The molecule has 6 nitrogen and oxygen atoms in total. The van der Waals surface area contributed by atoms with Crippen LogP contribution in [-0.2, 0) is 5.60 Å². The number of halogens is 1. The van der Waals surface area contributed by atoms with E-state index in [-0.39, 0.29) is 5.91 Å². The normalized spacial score (nSPS) is 15.9. The summed E-state index contributed by atoms with van der Waals surface area (Å²) in [5.74, 6) is 0.631. The van der Waals surface area contributed by atoms with Gasteiger partial charge in [-0.05, 0) is 66.3 Å². The van der Waals surface area contributed by atoms with Crippen LogP contribution in [0.4, 0.5) is 0 Å². The van der Waals surface area contributed by atoms with Crippen molar-refractivity contribution in [2.45, 2.75) is 18.4 Å². The molecule has 0 atom stereocenters. The fourth-order valence-corrected chi connectivity index (χ4v) is 4.32. The van der Waals surface area contributed by atoms with Crippen molar-refractivity contribution < 1.29 is 14.6 Å². The van der Waals surface area contributed by atoms with Gasteiger partial charge in [-0.2, -0.15) is 0 Å². The van der Waals surface area contributed by atoms with E-state index in [4.69, 9.17) is 16.3 Å². The van der Waals surface area contributed by atoms with Crippen molar-refractivity contribution in [1.82, 2.24) is 14.5 Å². The summed E-state index contributed by atoms with van der Waals surface area (Å²) >= 11 is 7.04. The molecule has 1 amide bonds. The molecule has 1 N–H and O–H groups in total. The van der Waals surface area contributed by atoms with E-state index in [1.807, 2.05) is 36.4 Å². The van der Waals surface area contributed by atoms with Gasteiger partial charge in [-0.1, -0.05) is 28.2 Å². The molecular weight excluding hydrogens is 410 g/mol. The second-order valence-electron chi connectivity index (χ2n) is 7.01. The molecule has 1 fully saturated rings. The highest BCUT2D eigenvalue weighted by molar-refractivity contribution is 7.08. The Labute approximate surface area is 177 Å². The lowest BCUT2D eigenvalue weighted by molar-refractivity contribution is -0.0210. The van der Waals surface area contributed by atoms with Crippen molar-refractivity contribution in [2.24, 2.45) is 0 Å². The van der Waals surface area contributed by atoms with Gasteiger partial charge in [0.1, 0.15) is 16.3 Å². The third-order valence-electron chi connectivity index (χ3n) is 5.31. The molecule has 1 aliphatic rings. The lowest BCUT2D eigenvalue weighted by atomic mass is 9.84. The van der Waals surface area contributed by atoms with Gasteiger partial charge in [-0.3, -0.25) is 4.79 Å². The molecule has 1 aromatic heterocycles. The van der Waals surface area contributed by atoms with Crippen molar-refractivity contribution in [1.29, 1.82) is 0 Å². The first kappa shape index (κ1) is 19.8. The van der Waals surface area contributed by atoms with Crippen LogP contribution in [0.3, 0.4) is 0 Å². The number of benzene rings is 2. The van der Waals surface area contributed by atoms with E-state index in [9.17, 15) is 9.90 Å². The van der Waals surface area contributed by atoms with Gasteiger partial charge in [0.05, 0.1) is 12.7 Å². The van der Waals surface area contributed by atoms with Gasteiger partial charge in [-0.15, -0.1) is 5.10 Å². The summed E-state index contributed by atoms with van der Waals surface area (Å²) in [5, 5.41) is 15.8. The summed E-state index contributed by atoms with van der Waals surface area (Å²) in [6.45, 7) is 0.913. The van der Waals surface area contributed by atoms with E-state index in [0.717, 1.165) is 28.4 Å². The molecule has 0 spiro atoms. The number of hydrogen-bond donors (Lipinski definition) is 1. The zero-order chi connectivity index (χ0) is 20.4. The maximum atomic E-state index is 13.1. The maximum absolute atomic E-state index is 13.1. The minimum Gasteiger partial charge on any atom is -0.497 e. The fraction of sp³-hybridized carbons (Fsp3) is 0.286. The van der Waals surface area contributed by atoms with Crippen LogP contribution in [0.25, 0.3) is 11.3 Å². The van der Waals surface area contributed by atoms with Gasteiger partial charge >= 0.3 is 0 Å². The monoisotopic (exact) mass is 429 g/mol. The number of aromatic nitrogens is 2. The van der Waals surface area contributed by atoms with Crippen molar-refractivity contribution in [3.05, 3.63) is 64.0 Å². The lowest BCUT2D eigenvalue weighted by Gasteiger charge is -2.38. The molecule has 1 aliphatic heterocycles. The van der Waals surface area contributed by atoms with E-state index >= 15 is 0 Å². The zero-order valence-corrected chi connectivity index (χ0v) is 17.4. The Hall–Kier alpha value is -2.48. The largest absolute Gasteiger partial charge is 0.497 e. The van der Waals surface area contributed by atoms with Crippen molar-refractivity contribution in [2.75, 3.05) is 20.2 Å². The number of piperidine rings is 1. The molecule has 1 saturated heterocycles. The van der Waals surface area contributed by atoms with Gasteiger partial charge < -0.3 is 14.7 Å². The molecule has 8 heteroatoms. The minimum absolute atomic E-state index is 0.107. The highest BCUT2D eigenvalue weighted by Gasteiger charge is 2.36. The summed E-state index contributed by atoms with van der Waals surface area (Å²) in [5.41, 5.74) is 1.26. The third kappa shape index (κ3) is 3.99. The van der Waals surface area contributed by atoms with Gasteiger partial charge in [0.15, 0.2) is 0 Å². The van der Waals surface area contributed by atoms with Crippen LogP contribution in [0, 0.1) is 0 Å². The Balaban J connectivity index is 1.49. The Bertz CT molecular complexity index is 997. The molecule has 0 saturated carbocycles. The highest BCUT2D eigenvalue weighted by Crippen LogP contribution is 2.35. The average molecular weight is 430 g/mol. The Morgan fingerprint density at radius 1 is 1.14 bits per heavy atom. The Morgan fingerprint density at radius 3 is 2.41 bits per heavy atom. The number of rotatable bonds is 4. The van der Waals surface area contributed by atoms with Crippen LogP contribution in [0.15, 0.2) is 48.5 Å². The molecule has 2 heterocycles. The van der Waals surface area contributed by atoms with Crippen LogP contribution in [0.5, 0.6) is 5.75 Å². The number of carbonyl (C=O) groups is 1. The quantitative estimate of drug-likeness (QED) is 0.678. The van der Waals surface area contributed by atoms with Crippen molar-refractivity contribution in [3.8, 4) is 17.0 Å². The number of nitrogens with zero attached hydrogens (tertiary/aromatic N) is 3. The van der Waals surface area contributed by atoms with Gasteiger partial charge in [0, 0.05) is 23.7 Å². The van der Waals surface area contributed by atoms with E-state index in [0.29, 0.717) is 41.5 Å². The number of aliphatic hydroxyl groups is 1. The fourth-order valence-electron chi connectivity index (χ4n) is 3.54. The molecule has 0 radical (unpaired) electrons. The molecule has 150 valence electrons. The third-order valence-corrected chi connectivity index (χ3v) is 6.27. The first-order valence-electron chi connectivity index (χ1n) is 9.25. The molecule has 4 rings (SSSR count). The van der Waals surface area contributed by atoms with Crippen molar-refractivity contribution >= 4 is 29.0 Å². The van der Waals surface area contributed by atoms with E-state index in [1.54, 1.807) is 24.1 Å². The molecular formula is C21H20ClN3O3S. The maximum Gasteiger partial charge on any atom is 0.267 e. The Morgan fingerprint density at radius 2 is 1.79 bits per heavy atom. The van der Waals surface area contributed by atoms with Crippen LogP contribution >= 0.6 is 23.1 Å². The lowest BCUT2D eigenvalue weighted by Crippen LogP contribution is -2.45. The number of hydrogen-bond acceptors (Lipinski definition) is 6. The predicted molar refractivity (Wildman–Crippen MR) is 112 cm³/mol. The van der Waals surface area contributed by atoms with Crippen LogP contribution in [-0.4, -0.2) is 45.7 Å². The smallest absolute Gasteiger partial charge is 0.267 e. The van der Waals surface area contributed by atoms with Crippen LogP contribution < -0.4 is 4.74 Å². The first-order chi connectivity index (χ1) is 14.0. The molecule has 2 aromatic carbocycles. The van der Waals surface area contributed by atoms with Crippen LogP contribution in [0.1, 0.15) is 28.1 Å². The summed E-state index contributed by atoms with van der Waals surface area (Å²) in [6.07, 6.45) is 0.926. The molecule has 29 heavy (non-hydrogen) atoms. The molecule has 3 aromatic rings. The van der Waals surface area contributed by atoms with E-state index in [1.165, 1.54) is 0 Å². The highest BCUT2D eigenvalue weighted by atomic mass is 35.5. The molecule has 0 aliphatic carbocycles. The second kappa shape index (κ2) is 8.10. The summed E-state index contributed by atoms with van der Waals surface area (Å²) in [4.78, 5) is 15.4. The second-order valence-corrected chi connectivity index (χ2v) is 8.20. The number of ether oxygens (including phenoxy) is 1. The molecule has 0 unspecified atom stereocenters. The summed E-state index contributed by atoms with van der Waals surface area (Å²) in [6, 6.07) is 14.6. The van der Waals surface area contributed by atoms with E-state index < -0.39 is 5.60 Å². The number of likely N-dealkylation sites (tertiary alicyclic amines) is 1. The Kier molecular flexibility index (Phi) is 5.54. The SMILES string of the molecule is COc1ccc(-c2nnsc2C(=O)N2CCC(O)(c3ccc(Cl)cc3)CC2)cc1. The average Bonchev–Trinajstić information content (AvgIpc) is 3.24. The van der Waals surface area contributed by atoms with Crippen molar-refractivity contribution in [3.63, 3.8) is 0 Å². The predicted octanol–water partition coefficient (Wildman–Crippen LogP) is 3.99. The van der Waals surface area contributed by atoms with E-state index in [2.05, 4.69) is 9.59 Å². The number of amides is 1.